The summed E-state index contributed by atoms with van der Waals surface area (Å²) < 4.78 is 0. The summed E-state index contributed by atoms with van der Waals surface area (Å²) in [6, 6.07) is 5.72. The van der Waals surface area contributed by atoms with Crippen molar-refractivity contribution in [1.82, 2.24) is 0 Å². The van der Waals surface area contributed by atoms with Crippen LogP contribution in [-0.2, 0) is 11.2 Å². The Hall–Kier alpha value is -0.960. The molecule has 0 spiro atoms. The van der Waals surface area contributed by atoms with Crippen LogP contribution in [-0.4, -0.2) is 12.0 Å². The SMILES string of the molecule is CSc1cc(CC(C)=O)ccc1N. The van der Waals surface area contributed by atoms with E-state index in [4.69, 9.17) is 5.73 Å². The van der Waals surface area contributed by atoms with Gasteiger partial charge in [-0.15, -0.1) is 11.8 Å². The van der Waals surface area contributed by atoms with Crippen LogP contribution in [0.1, 0.15) is 12.5 Å². The van der Waals surface area contributed by atoms with Gasteiger partial charge >= 0.3 is 0 Å². The summed E-state index contributed by atoms with van der Waals surface area (Å²) >= 11 is 1.60. The summed E-state index contributed by atoms with van der Waals surface area (Å²) in [7, 11) is 0. The summed E-state index contributed by atoms with van der Waals surface area (Å²) in [5.41, 5.74) is 7.54. The second kappa shape index (κ2) is 4.33. The molecule has 0 saturated heterocycles. The Kier molecular flexibility index (Phi) is 3.37. The van der Waals surface area contributed by atoms with Gasteiger partial charge in [0, 0.05) is 17.0 Å². The zero-order valence-corrected chi connectivity index (χ0v) is 8.65. The fourth-order valence-electron chi connectivity index (χ4n) is 1.15. The average molecular weight is 195 g/mol. The first-order valence-corrected chi connectivity index (χ1v) is 5.28. The van der Waals surface area contributed by atoms with Crippen molar-refractivity contribution in [3.05, 3.63) is 23.8 Å². The molecule has 0 aliphatic carbocycles. The number of hydrogen-bond acceptors (Lipinski definition) is 3. The molecule has 0 fully saturated rings. The summed E-state index contributed by atoms with van der Waals surface area (Å²) in [5, 5.41) is 0. The zero-order valence-electron chi connectivity index (χ0n) is 7.83. The van der Waals surface area contributed by atoms with Crippen LogP contribution in [0.4, 0.5) is 5.69 Å². The van der Waals surface area contributed by atoms with Crippen LogP contribution in [0.5, 0.6) is 0 Å². The molecule has 70 valence electrons. The van der Waals surface area contributed by atoms with Gasteiger partial charge in [0.05, 0.1) is 0 Å². The predicted molar refractivity (Wildman–Crippen MR) is 57.0 cm³/mol. The molecule has 1 aromatic rings. The molecule has 1 aromatic carbocycles. The molecular formula is C10H13NOS. The van der Waals surface area contributed by atoms with Crippen LogP contribution < -0.4 is 5.73 Å². The first-order chi connectivity index (χ1) is 6.13. The summed E-state index contributed by atoms with van der Waals surface area (Å²) in [6.45, 7) is 1.59. The largest absolute Gasteiger partial charge is 0.398 e. The summed E-state index contributed by atoms with van der Waals surface area (Å²) in [6.07, 6.45) is 2.47. The van der Waals surface area contributed by atoms with Crippen LogP contribution in [0.15, 0.2) is 23.1 Å². The fraction of sp³-hybridized carbons (Fsp3) is 0.300. The molecule has 0 bridgehead atoms. The number of carbonyl (C=O) groups is 1. The first kappa shape index (κ1) is 10.1. The molecule has 13 heavy (non-hydrogen) atoms. The molecule has 0 amide bonds. The van der Waals surface area contributed by atoms with E-state index in [0.29, 0.717) is 6.42 Å². The average Bonchev–Trinajstić information content (AvgIpc) is 2.07. The van der Waals surface area contributed by atoms with E-state index in [1.54, 1.807) is 18.7 Å². The fourth-order valence-corrected chi connectivity index (χ4v) is 1.73. The second-order valence-corrected chi connectivity index (χ2v) is 3.80. The number of carbonyl (C=O) groups excluding carboxylic acids is 1. The van der Waals surface area contributed by atoms with E-state index in [0.717, 1.165) is 16.1 Å². The van der Waals surface area contributed by atoms with E-state index in [2.05, 4.69) is 0 Å². The highest BCUT2D eigenvalue weighted by Gasteiger charge is 2.01. The van der Waals surface area contributed by atoms with Gasteiger partial charge in [0.2, 0.25) is 0 Å². The van der Waals surface area contributed by atoms with Gasteiger partial charge in [-0.1, -0.05) is 6.07 Å². The number of ketones is 1. The van der Waals surface area contributed by atoms with Gasteiger partial charge in [0.1, 0.15) is 5.78 Å². The lowest BCUT2D eigenvalue weighted by Gasteiger charge is -2.04. The van der Waals surface area contributed by atoms with Gasteiger partial charge in [-0.3, -0.25) is 4.79 Å². The lowest BCUT2D eigenvalue weighted by molar-refractivity contribution is -0.116. The van der Waals surface area contributed by atoms with Gasteiger partial charge in [-0.05, 0) is 30.9 Å². The standard InChI is InChI=1S/C10H13NOS/c1-7(12)5-8-3-4-9(11)10(6-8)13-2/h3-4,6H,5,11H2,1-2H3. The van der Waals surface area contributed by atoms with Crippen molar-refractivity contribution in [3.63, 3.8) is 0 Å². The van der Waals surface area contributed by atoms with Gasteiger partial charge in [-0.25, -0.2) is 0 Å². The molecule has 2 nitrogen and oxygen atoms in total. The number of benzene rings is 1. The minimum Gasteiger partial charge on any atom is -0.398 e. The Morgan fingerprint density at radius 2 is 2.23 bits per heavy atom. The number of hydrogen-bond donors (Lipinski definition) is 1. The third kappa shape index (κ3) is 2.77. The quantitative estimate of drug-likeness (QED) is 0.593. The molecule has 0 atom stereocenters. The normalized spacial score (nSPS) is 10.0. The van der Waals surface area contributed by atoms with E-state index in [1.165, 1.54) is 0 Å². The van der Waals surface area contributed by atoms with Crippen LogP contribution in [0.3, 0.4) is 0 Å². The van der Waals surface area contributed by atoms with E-state index in [9.17, 15) is 4.79 Å². The lowest BCUT2D eigenvalue weighted by atomic mass is 10.1. The van der Waals surface area contributed by atoms with Crippen molar-refractivity contribution < 1.29 is 4.79 Å². The highest BCUT2D eigenvalue weighted by molar-refractivity contribution is 7.98. The Morgan fingerprint density at radius 3 is 2.77 bits per heavy atom. The van der Waals surface area contributed by atoms with E-state index in [-0.39, 0.29) is 5.78 Å². The topological polar surface area (TPSA) is 43.1 Å². The Morgan fingerprint density at radius 1 is 1.54 bits per heavy atom. The summed E-state index contributed by atoms with van der Waals surface area (Å²) in [5.74, 6) is 0.178. The molecule has 0 saturated carbocycles. The minimum absolute atomic E-state index is 0.178. The molecule has 0 unspecified atom stereocenters. The molecule has 0 heterocycles. The minimum atomic E-state index is 0.178. The number of rotatable bonds is 3. The number of nitrogens with two attached hydrogens (primary N) is 1. The van der Waals surface area contributed by atoms with Crippen molar-refractivity contribution in [2.24, 2.45) is 0 Å². The van der Waals surface area contributed by atoms with E-state index >= 15 is 0 Å². The Labute approximate surface area is 82.5 Å². The number of thioether (sulfide) groups is 1. The number of Topliss-reactive ketones (excluding diaryl/α,β-unsaturated/α-hetero) is 1. The van der Waals surface area contributed by atoms with Crippen LogP contribution in [0.25, 0.3) is 0 Å². The first-order valence-electron chi connectivity index (χ1n) is 4.05. The maximum absolute atomic E-state index is 10.9. The van der Waals surface area contributed by atoms with Gasteiger partial charge in [0.15, 0.2) is 0 Å². The summed E-state index contributed by atoms with van der Waals surface area (Å²) in [4.78, 5) is 11.9. The molecule has 2 N–H and O–H groups in total. The van der Waals surface area contributed by atoms with Crippen molar-refractivity contribution in [3.8, 4) is 0 Å². The molecule has 1 rings (SSSR count). The van der Waals surface area contributed by atoms with Crippen molar-refractivity contribution in [2.45, 2.75) is 18.2 Å². The Bertz CT molecular complexity index is 323. The lowest BCUT2D eigenvalue weighted by Crippen LogP contribution is -1.97. The van der Waals surface area contributed by atoms with Crippen molar-refractivity contribution >= 4 is 23.2 Å². The van der Waals surface area contributed by atoms with Crippen LogP contribution in [0, 0.1) is 0 Å². The van der Waals surface area contributed by atoms with E-state index in [1.807, 2.05) is 24.5 Å². The molecule has 0 aromatic heterocycles. The maximum atomic E-state index is 10.9. The van der Waals surface area contributed by atoms with Crippen LogP contribution in [0.2, 0.25) is 0 Å². The van der Waals surface area contributed by atoms with E-state index < -0.39 is 0 Å². The molecule has 0 aliphatic heterocycles. The van der Waals surface area contributed by atoms with Gasteiger partial charge < -0.3 is 5.73 Å². The second-order valence-electron chi connectivity index (χ2n) is 2.96. The molecule has 3 heteroatoms. The number of anilines is 1. The van der Waals surface area contributed by atoms with Gasteiger partial charge in [-0.2, -0.15) is 0 Å². The third-order valence-corrected chi connectivity index (χ3v) is 2.54. The van der Waals surface area contributed by atoms with Crippen LogP contribution >= 0.6 is 11.8 Å². The predicted octanol–water partition coefficient (Wildman–Crippen LogP) is 2.12. The highest BCUT2D eigenvalue weighted by Crippen LogP contribution is 2.23. The smallest absolute Gasteiger partial charge is 0.134 e. The zero-order chi connectivity index (χ0) is 9.84. The highest BCUT2D eigenvalue weighted by atomic mass is 32.2. The monoisotopic (exact) mass is 195 g/mol. The third-order valence-electron chi connectivity index (χ3n) is 1.75. The molecular weight excluding hydrogens is 182 g/mol. The Balaban J connectivity index is 2.92. The molecule has 0 aliphatic rings. The van der Waals surface area contributed by atoms with Crippen molar-refractivity contribution in [2.75, 3.05) is 12.0 Å². The molecule has 0 radical (unpaired) electrons. The maximum Gasteiger partial charge on any atom is 0.134 e. The van der Waals surface area contributed by atoms with Gasteiger partial charge in [0.25, 0.3) is 0 Å². The van der Waals surface area contributed by atoms with Crippen molar-refractivity contribution in [1.29, 1.82) is 0 Å². The number of nitrogen functional groups attached to an aromatic ring is 1.